The van der Waals surface area contributed by atoms with E-state index in [4.69, 9.17) is 27.6 Å². The number of pyridine rings is 1. The lowest BCUT2D eigenvalue weighted by Gasteiger charge is -2.24. The fourth-order valence-corrected chi connectivity index (χ4v) is 2.96. The zero-order chi connectivity index (χ0) is 17.1. The Morgan fingerprint density at radius 2 is 2.25 bits per heavy atom. The Bertz CT molecular complexity index is 749. The molecular weight excluding hydrogens is 353 g/mol. The molecule has 2 amide bonds. The number of hydrogen-bond donors (Lipinski definition) is 1. The molecule has 0 spiro atoms. The van der Waals surface area contributed by atoms with Crippen molar-refractivity contribution in [3.8, 4) is 0 Å². The summed E-state index contributed by atoms with van der Waals surface area (Å²) in [5.74, 6) is 0.176. The highest BCUT2D eigenvalue weighted by Crippen LogP contribution is 2.24. The molecule has 1 fully saturated rings. The van der Waals surface area contributed by atoms with Crippen LogP contribution in [-0.2, 0) is 11.3 Å². The minimum Gasteiger partial charge on any atom is -0.467 e. The molecule has 0 saturated carbocycles. The summed E-state index contributed by atoms with van der Waals surface area (Å²) in [6.45, 7) is 0.802. The first-order valence-corrected chi connectivity index (χ1v) is 8.24. The van der Waals surface area contributed by atoms with Gasteiger partial charge in [-0.2, -0.15) is 0 Å². The van der Waals surface area contributed by atoms with Gasteiger partial charge in [0.1, 0.15) is 17.0 Å². The largest absolute Gasteiger partial charge is 0.467 e. The van der Waals surface area contributed by atoms with Gasteiger partial charge in [0.25, 0.3) is 5.91 Å². The number of carbonyl (C=O) groups is 2. The Hall–Kier alpha value is -2.05. The van der Waals surface area contributed by atoms with Gasteiger partial charge in [-0.15, -0.1) is 0 Å². The average molecular weight is 368 g/mol. The molecule has 3 rings (SSSR count). The molecule has 2 aromatic heterocycles. The van der Waals surface area contributed by atoms with E-state index in [0.717, 1.165) is 6.42 Å². The zero-order valence-corrected chi connectivity index (χ0v) is 14.2. The molecule has 0 aliphatic carbocycles. The summed E-state index contributed by atoms with van der Waals surface area (Å²) in [7, 11) is 0. The van der Waals surface area contributed by atoms with E-state index in [2.05, 4.69) is 10.3 Å². The lowest BCUT2D eigenvalue weighted by Crippen LogP contribution is -2.45. The first-order valence-electron chi connectivity index (χ1n) is 7.48. The van der Waals surface area contributed by atoms with Crippen LogP contribution in [0.5, 0.6) is 0 Å². The first-order chi connectivity index (χ1) is 11.6. The number of rotatable bonds is 4. The first kappa shape index (κ1) is 16.8. The Morgan fingerprint density at radius 3 is 2.96 bits per heavy atom. The number of hydrogen-bond acceptors (Lipinski definition) is 4. The number of nitrogens with one attached hydrogen (secondary N) is 1. The number of aromatic nitrogens is 1. The minimum absolute atomic E-state index is 0.141. The van der Waals surface area contributed by atoms with Crippen LogP contribution in [0.1, 0.15) is 29.0 Å². The van der Waals surface area contributed by atoms with Crippen LogP contribution in [0.3, 0.4) is 0 Å². The second-order valence-electron chi connectivity index (χ2n) is 5.45. The van der Waals surface area contributed by atoms with E-state index in [1.807, 2.05) is 0 Å². The number of amides is 2. The second kappa shape index (κ2) is 7.23. The highest BCUT2D eigenvalue weighted by Gasteiger charge is 2.34. The highest BCUT2D eigenvalue weighted by molar-refractivity contribution is 6.41. The number of halogens is 2. The molecule has 8 heteroatoms. The molecule has 1 aliphatic rings. The fraction of sp³-hybridized carbons (Fsp3) is 0.312. The summed E-state index contributed by atoms with van der Waals surface area (Å²) in [6, 6.07) is 4.49. The van der Waals surface area contributed by atoms with Crippen molar-refractivity contribution in [3.63, 3.8) is 0 Å². The van der Waals surface area contributed by atoms with Crippen LogP contribution in [0, 0.1) is 0 Å². The van der Waals surface area contributed by atoms with Crippen LogP contribution in [0.4, 0.5) is 0 Å². The van der Waals surface area contributed by atoms with Gasteiger partial charge < -0.3 is 14.6 Å². The van der Waals surface area contributed by atoms with Crippen molar-refractivity contribution in [2.75, 3.05) is 6.54 Å². The molecule has 1 saturated heterocycles. The van der Waals surface area contributed by atoms with Gasteiger partial charge >= 0.3 is 0 Å². The average Bonchev–Trinajstić information content (AvgIpc) is 3.26. The van der Waals surface area contributed by atoms with Crippen LogP contribution in [0.15, 0.2) is 35.1 Å². The third kappa shape index (κ3) is 3.55. The molecule has 1 aliphatic heterocycles. The van der Waals surface area contributed by atoms with Gasteiger partial charge in [-0.05, 0) is 31.0 Å². The van der Waals surface area contributed by atoms with Crippen molar-refractivity contribution in [3.05, 3.63) is 52.2 Å². The number of carbonyl (C=O) groups excluding carboxylic acids is 2. The number of likely N-dealkylation sites (tertiary alicyclic amines) is 1. The smallest absolute Gasteiger partial charge is 0.256 e. The van der Waals surface area contributed by atoms with E-state index in [1.54, 1.807) is 23.3 Å². The van der Waals surface area contributed by atoms with Crippen molar-refractivity contribution in [2.45, 2.75) is 25.4 Å². The highest BCUT2D eigenvalue weighted by atomic mass is 35.5. The lowest BCUT2D eigenvalue weighted by molar-refractivity contribution is -0.125. The topological polar surface area (TPSA) is 75.4 Å². The molecule has 6 nitrogen and oxygen atoms in total. The van der Waals surface area contributed by atoms with Gasteiger partial charge in [-0.3, -0.25) is 9.59 Å². The molecule has 1 atom stereocenters. The van der Waals surface area contributed by atoms with Crippen molar-refractivity contribution in [1.29, 1.82) is 0 Å². The second-order valence-corrected chi connectivity index (χ2v) is 6.22. The summed E-state index contributed by atoms with van der Waals surface area (Å²) in [4.78, 5) is 30.5. The molecule has 0 bridgehead atoms. The third-order valence-corrected chi connectivity index (χ3v) is 4.56. The quantitative estimate of drug-likeness (QED) is 0.842. The van der Waals surface area contributed by atoms with Gasteiger partial charge in [0.05, 0.1) is 23.4 Å². The van der Waals surface area contributed by atoms with Gasteiger partial charge in [-0.1, -0.05) is 23.2 Å². The van der Waals surface area contributed by atoms with Crippen LogP contribution in [0.25, 0.3) is 0 Å². The van der Waals surface area contributed by atoms with E-state index in [-0.39, 0.29) is 22.0 Å². The fourth-order valence-electron chi connectivity index (χ4n) is 2.69. The monoisotopic (exact) mass is 367 g/mol. The van der Waals surface area contributed by atoms with Gasteiger partial charge in [0.15, 0.2) is 0 Å². The van der Waals surface area contributed by atoms with Gasteiger partial charge in [-0.25, -0.2) is 4.98 Å². The van der Waals surface area contributed by atoms with Crippen LogP contribution in [0.2, 0.25) is 10.2 Å². The van der Waals surface area contributed by atoms with E-state index < -0.39 is 6.04 Å². The van der Waals surface area contributed by atoms with E-state index in [0.29, 0.717) is 30.8 Å². The van der Waals surface area contributed by atoms with Gasteiger partial charge in [0, 0.05) is 12.7 Å². The predicted molar refractivity (Wildman–Crippen MR) is 88.9 cm³/mol. The Morgan fingerprint density at radius 1 is 1.42 bits per heavy atom. The van der Waals surface area contributed by atoms with Crippen LogP contribution in [-0.4, -0.2) is 34.3 Å². The maximum atomic E-state index is 12.6. The van der Waals surface area contributed by atoms with Crippen molar-refractivity contribution in [1.82, 2.24) is 15.2 Å². The third-order valence-electron chi connectivity index (χ3n) is 3.88. The minimum atomic E-state index is -0.512. The zero-order valence-electron chi connectivity index (χ0n) is 12.7. The SMILES string of the molecule is O=C(NCc1ccco1)[C@H]1CCCN1C(=O)c1cnc(Cl)c(Cl)c1. The normalized spacial score (nSPS) is 17.1. The molecule has 0 unspecified atom stereocenters. The summed E-state index contributed by atoms with van der Waals surface area (Å²) in [5.41, 5.74) is 0.315. The summed E-state index contributed by atoms with van der Waals surface area (Å²) < 4.78 is 5.18. The maximum Gasteiger partial charge on any atom is 0.256 e. The Balaban J connectivity index is 1.68. The molecule has 0 radical (unpaired) electrons. The number of nitrogens with zero attached hydrogens (tertiary/aromatic N) is 2. The Kier molecular flexibility index (Phi) is 5.06. The maximum absolute atomic E-state index is 12.6. The summed E-state index contributed by atoms with van der Waals surface area (Å²) >= 11 is 11.7. The molecule has 2 aromatic rings. The van der Waals surface area contributed by atoms with E-state index in [1.165, 1.54) is 12.3 Å². The molecular formula is C16H15Cl2N3O3. The van der Waals surface area contributed by atoms with Gasteiger partial charge in [0.2, 0.25) is 5.91 Å². The summed E-state index contributed by atoms with van der Waals surface area (Å²) in [6.07, 6.45) is 4.29. The van der Waals surface area contributed by atoms with E-state index >= 15 is 0 Å². The molecule has 1 N–H and O–H groups in total. The molecule has 3 heterocycles. The molecule has 126 valence electrons. The molecule has 0 aromatic carbocycles. The van der Waals surface area contributed by atoms with Crippen molar-refractivity contribution < 1.29 is 14.0 Å². The lowest BCUT2D eigenvalue weighted by atomic mass is 10.2. The Labute approximate surface area is 148 Å². The standard InChI is InChI=1S/C16H15Cl2N3O3/c17-12-7-10(8-19-14(12)18)16(23)21-5-1-4-13(21)15(22)20-9-11-3-2-6-24-11/h2-3,6-8,13H,1,4-5,9H2,(H,20,22)/t13-/m1/s1. The van der Waals surface area contributed by atoms with Crippen molar-refractivity contribution >= 4 is 35.0 Å². The van der Waals surface area contributed by atoms with Crippen LogP contribution < -0.4 is 5.32 Å². The van der Waals surface area contributed by atoms with Crippen molar-refractivity contribution in [2.24, 2.45) is 0 Å². The van der Waals surface area contributed by atoms with Crippen LogP contribution >= 0.6 is 23.2 Å². The van der Waals surface area contributed by atoms with E-state index in [9.17, 15) is 9.59 Å². The number of furan rings is 1. The molecule has 24 heavy (non-hydrogen) atoms. The summed E-state index contributed by atoms with van der Waals surface area (Å²) in [5, 5.41) is 3.14. The predicted octanol–water partition coefficient (Wildman–Crippen LogP) is 2.90.